The quantitative estimate of drug-likeness (QED) is 0.0411. The van der Waals surface area contributed by atoms with E-state index in [2.05, 4.69) is 33.8 Å². The smallest absolute Gasteiger partial charge is 0.329 e. The maximum absolute atomic E-state index is 13.5. The second-order valence-electron chi connectivity index (χ2n) is 18.0. The number of benzene rings is 7. The first-order chi connectivity index (χ1) is 39.2. The number of sulfone groups is 2. The number of hydrogen-bond acceptors (Lipinski definition) is 13. The van der Waals surface area contributed by atoms with Crippen LogP contribution in [0.25, 0.3) is 0 Å². The van der Waals surface area contributed by atoms with Gasteiger partial charge in [-0.2, -0.15) is 0 Å². The van der Waals surface area contributed by atoms with Gasteiger partial charge in [0, 0.05) is 61.3 Å². The number of carboxylic acids is 1. The Balaban J connectivity index is 0.000000271. The molecule has 0 bridgehead atoms. The molecule has 0 heterocycles. The summed E-state index contributed by atoms with van der Waals surface area (Å²) in [4.78, 5) is 51.6. The molecule has 4 atom stereocenters. The molecule has 0 fully saturated rings. The number of halogens is 4. The molecule has 0 aromatic heterocycles. The molecule has 7 aromatic carbocycles. The van der Waals surface area contributed by atoms with E-state index in [4.69, 9.17) is 60.2 Å². The fraction of sp³-hybridized carbons (Fsp3) is 0.153. The molecule has 0 saturated carbocycles. The van der Waals surface area contributed by atoms with Crippen molar-refractivity contribution in [2.75, 3.05) is 26.7 Å². The Bertz CT molecular complexity index is 4000. The van der Waals surface area contributed by atoms with Crippen molar-refractivity contribution in [3.63, 3.8) is 0 Å². The van der Waals surface area contributed by atoms with Crippen molar-refractivity contribution >= 4 is 115 Å². The number of aliphatic carboxylic acids is 1. The molecule has 0 radical (unpaired) electrons. The zero-order valence-corrected chi connectivity index (χ0v) is 50.8. The van der Waals surface area contributed by atoms with Crippen LogP contribution in [0.3, 0.4) is 0 Å². The molecule has 0 spiro atoms. The highest BCUT2D eigenvalue weighted by atomic mass is 35.5. The van der Waals surface area contributed by atoms with Crippen LogP contribution in [-0.2, 0) is 71.6 Å². The molecule has 0 saturated heterocycles. The van der Waals surface area contributed by atoms with Gasteiger partial charge in [0.25, 0.3) is 11.8 Å². The van der Waals surface area contributed by atoms with Gasteiger partial charge in [-0.05, 0) is 101 Å². The SMILES string of the molecule is COP(=O)(C#Cc1cc(Cl)c(C(=O)N[C@@H](Cc2cccc(S(C)(=O)=O)c2)C(=O)O)c(Cl)c1)c1ccccc1.COP(=O)(C#Cc1cc(Cl)c(C(=O)N[C@@H](Cc2cccc(S(C)(=O)=O)c2)C(=O)OCc2ccccc2)c(Cl)c1)c1ccccc1. The van der Waals surface area contributed by atoms with Crippen molar-refractivity contribution in [3.05, 3.63) is 223 Å². The highest BCUT2D eigenvalue weighted by Gasteiger charge is 2.29. The van der Waals surface area contributed by atoms with Crippen molar-refractivity contribution < 1.29 is 64.0 Å². The van der Waals surface area contributed by atoms with Gasteiger partial charge in [-0.15, -0.1) is 0 Å². The maximum atomic E-state index is 13.5. The molecule has 7 rings (SSSR count). The third kappa shape index (κ3) is 18.2. The Hall–Kier alpha value is -7.02. The average Bonchev–Trinajstić information content (AvgIpc) is 3.67. The molecule has 0 aliphatic heterocycles. The van der Waals surface area contributed by atoms with Crippen molar-refractivity contribution in [1.82, 2.24) is 10.6 Å². The van der Waals surface area contributed by atoms with Crippen LogP contribution >= 0.6 is 61.1 Å². The number of ether oxygens (including phenoxy) is 1. The van der Waals surface area contributed by atoms with E-state index in [1.54, 1.807) is 103 Å². The summed E-state index contributed by atoms with van der Waals surface area (Å²) in [6, 6.07) is 40.6. The summed E-state index contributed by atoms with van der Waals surface area (Å²) < 4.78 is 90.1. The third-order valence-corrected chi connectivity index (χ3v) is 19.1. The lowest BCUT2D eigenvalue weighted by atomic mass is 10.0. The van der Waals surface area contributed by atoms with Crippen LogP contribution < -0.4 is 21.2 Å². The number of rotatable bonds is 18. The van der Waals surface area contributed by atoms with Crippen molar-refractivity contribution in [2.24, 2.45) is 0 Å². The van der Waals surface area contributed by atoms with Gasteiger partial charge < -0.3 is 29.5 Å². The number of nitrogens with one attached hydrogen (secondary N) is 2. The van der Waals surface area contributed by atoms with Crippen LogP contribution in [0.4, 0.5) is 0 Å². The van der Waals surface area contributed by atoms with Crippen molar-refractivity contribution in [3.8, 4) is 23.2 Å². The zero-order chi connectivity index (χ0) is 60.7. The molecular formula is C59H50Cl4N2O14P2S2. The Morgan fingerprint density at radius 2 is 0.867 bits per heavy atom. The number of carbonyl (C=O) groups is 4. The number of esters is 1. The van der Waals surface area contributed by atoms with Crippen LogP contribution in [0.15, 0.2) is 174 Å². The van der Waals surface area contributed by atoms with Gasteiger partial charge in [0.1, 0.15) is 18.7 Å². The summed E-state index contributed by atoms with van der Waals surface area (Å²) in [6.07, 6.45) is 1.85. The van der Waals surface area contributed by atoms with E-state index < -0.39 is 70.2 Å². The Morgan fingerprint density at radius 3 is 1.23 bits per heavy atom. The monoisotopic (exact) mass is 1280 g/mol. The zero-order valence-electron chi connectivity index (χ0n) is 44.3. The molecule has 2 amide bonds. The van der Waals surface area contributed by atoms with Gasteiger partial charge >= 0.3 is 26.7 Å². The van der Waals surface area contributed by atoms with E-state index in [-0.39, 0.29) is 71.6 Å². The predicted octanol–water partition coefficient (Wildman–Crippen LogP) is 10.4. The molecule has 0 aliphatic rings. The minimum absolute atomic E-state index is 0.0264. The first-order valence-corrected chi connectivity index (χ1v) is 32.9. The van der Waals surface area contributed by atoms with E-state index in [9.17, 15) is 50.3 Å². The summed E-state index contributed by atoms with van der Waals surface area (Å²) >= 11 is 25.5. The highest BCUT2D eigenvalue weighted by Crippen LogP contribution is 2.44. The first-order valence-electron chi connectivity index (χ1n) is 24.3. The van der Waals surface area contributed by atoms with Gasteiger partial charge in [0.2, 0.25) is 0 Å². The summed E-state index contributed by atoms with van der Waals surface area (Å²) in [5, 5.41) is 15.1. The summed E-state index contributed by atoms with van der Waals surface area (Å²) in [5.74, 6) is 1.77. The van der Waals surface area contributed by atoms with E-state index in [0.29, 0.717) is 21.7 Å². The molecule has 16 nitrogen and oxygen atoms in total. The second kappa shape index (κ2) is 29.0. The van der Waals surface area contributed by atoms with Crippen LogP contribution in [0.1, 0.15) is 48.5 Å². The summed E-state index contributed by atoms with van der Waals surface area (Å²) in [5.41, 5.74) is 7.14. The lowest BCUT2D eigenvalue weighted by Gasteiger charge is -2.19. The largest absolute Gasteiger partial charge is 0.480 e. The normalized spacial score (nSPS) is 13.3. The van der Waals surface area contributed by atoms with Gasteiger partial charge in [0.05, 0.1) is 41.0 Å². The number of hydrogen-bond donors (Lipinski definition) is 3. The number of carboxylic acid groups (broad SMARTS) is 1. The minimum Gasteiger partial charge on any atom is -0.480 e. The van der Waals surface area contributed by atoms with Crippen LogP contribution in [-0.4, -0.2) is 84.5 Å². The number of carbonyl (C=O) groups excluding carboxylic acids is 3. The minimum atomic E-state index is -3.52. The summed E-state index contributed by atoms with van der Waals surface area (Å²) in [6.45, 7) is -0.0430. The van der Waals surface area contributed by atoms with Gasteiger partial charge in [0.15, 0.2) is 19.7 Å². The molecule has 3 N–H and O–H groups in total. The first kappa shape index (κ1) is 65.1. The van der Waals surface area contributed by atoms with Crippen LogP contribution in [0, 0.1) is 23.2 Å². The Morgan fingerprint density at radius 1 is 0.518 bits per heavy atom. The Kier molecular flexibility index (Phi) is 22.8. The number of amides is 2. The van der Waals surface area contributed by atoms with Crippen LogP contribution in [0.2, 0.25) is 20.1 Å². The standard InChI is InChI=1S/C33H28Cl2NO7PS.C26H22Cl2NO7PS/c1-42-44(39,26-13-7-4-8-14-26)17-16-25-19-28(34)31(29(35)20-25)32(37)36-30(33(38)43-22-23-10-5-3-6-11-23)21-24-12-9-15-27(18-24)45(2,40)41;1-36-37(33,19-8-4-3-5-9-19)12-11-18-14-21(27)24(22(28)15-18)25(30)29-23(26(31)32)16-17-7-6-10-20(13-17)38(2,34)35/h3-15,18-20,30H,21-22H2,1-2H3,(H,36,37);3-10,13-15,23H,16H2,1-2H3,(H,29,30)(H,31,32)/t30-,44?;23-,37?/m00/s1. The third-order valence-electron chi connectivity index (χ3n) is 11.9. The lowest BCUT2D eigenvalue weighted by Crippen LogP contribution is -2.43. The Labute approximate surface area is 500 Å². The lowest BCUT2D eigenvalue weighted by molar-refractivity contribution is -0.147. The van der Waals surface area contributed by atoms with Crippen LogP contribution in [0.5, 0.6) is 0 Å². The summed E-state index contributed by atoms with van der Waals surface area (Å²) in [7, 11) is -11.4. The maximum Gasteiger partial charge on any atom is 0.329 e. The molecule has 7 aromatic rings. The molecule has 24 heteroatoms. The fourth-order valence-electron chi connectivity index (χ4n) is 7.64. The highest BCUT2D eigenvalue weighted by molar-refractivity contribution is 7.91. The topological polar surface area (TPSA) is 243 Å². The second-order valence-corrected chi connectivity index (χ2v) is 28.1. The molecule has 2 unspecified atom stereocenters. The molecular weight excluding hydrogens is 1230 g/mol. The van der Waals surface area contributed by atoms with Crippen molar-refractivity contribution in [2.45, 2.75) is 41.3 Å². The van der Waals surface area contributed by atoms with E-state index in [1.165, 1.54) is 68.8 Å². The van der Waals surface area contributed by atoms with E-state index >= 15 is 0 Å². The average molecular weight is 1280 g/mol. The molecule has 430 valence electrons. The van der Waals surface area contributed by atoms with Gasteiger partial charge in [-0.3, -0.25) is 18.7 Å². The predicted molar refractivity (Wildman–Crippen MR) is 321 cm³/mol. The van der Waals surface area contributed by atoms with E-state index in [1.807, 2.05) is 6.07 Å². The molecule has 83 heavy (non-hydrogen) atoms. The van der Waals surface area contributed by atoms with Gasteiger partial charge in [-0.25, -0.2) is 26.4 Å². The van der Waals surface area contributed by atoms with E-state index in [0.717, 1.165) is 18.1 Å². The van der Waals surface area contributed by atoms with Gasteiger partial charge in [-0.1, -0.05) is 149 Å². The van der Waals surface area contributed by atoms with Crippen molar-refractivity contribution in [1.29, 1.82) is 0 Å². The molecule has 0 aliphatic carbocycles. The fourth-order valence-corrected chi connectivity index (χ4v) is 12.9.